The third-order valence-electron chi connectivity index (χ3n) is 5.46. The quantitative estimate of drug-likeness (QED) is 0.266. The molecule has 0 aliphatic heterocycles. The topological polar surface area (TPSA) is 101 Å². The van der Waals surface area contributed by atoms with Crippen LogP contribution < -0.4 is 0 Å². The van der Waals surface area contributed by atoms with Crippen LogP contribution in [-0.4, -0.2) is 44.8 Å². The molecule has 0 radical (unpaired) electrons. The summed E-state index contributed by atoms with van der Waals surface area (Å²) in [4.78, 5) is 25.2. The van der Waals surface area contributed by atoms with E-state index in [1.165, 1.54) is 33.5 Å². The Morgan fingerprint density at radius 2 is 1.40 bits per heavy atom. The van der Waals surface area contributed by atoms with Crippen LogP contribution in [0, 0.1) is 5.82 Å². The molecule has 3 aromatic heterocycles. The number of hydrogen-bond acceptors (Lipinski definition) is 7. The van der Waals surface area contributed by atoms with Gasteiger partial charge in [-0.1, -0.05) is 15.9 Å². The zero-order valence-corrected chi connectivity index (χ0v) is 20.2. The molecule has 0 fully saturated rings. The average Bonchev–Trinajstić information content (AvgIpc) is 3.53. The van der Waals surface area contributed by atoms with Crippen LogP contribution in [0.15, 0.2) is 57.9 Å². The molecule has 5 aromatic rings. The lowest BCUT2D eigenvalue weighted by Crippen LogP contribution is -2.12. The number of carbonyl (C=O) groups is 2. The number of hydrogen-bond donors (Lipinski definition) is 0. The van der Waals surface area contributed by atoms with Gasteiger partial charge in [0, 0.05) is 38.8 Å². The summed E-state index contributed by atoms with van der Waals surface area (Å²) >= 11 is 3.46. The number of benzene rings is 2. The van der Waals surface area contributed by atoms with E-state index in [0.717, 1.165) is 4.47 Å². The molecule has 0 amide bonds. The van der Waals surface area contributed by atoms with Crippen molar-refractivity contribution in [3.63, 3.8) is 0 Å². The van der Waals surface area contributed by atoms with Crippen molar-refractivity contribution in [1.29, 1.82) is 0 Å². The summed E-state index contributed by atoms with van der Waals surface area (Å²) in [6.45, 7) is 3.80. The molecular formula is C24H18BrFN4O5. The second-order valence-electron chi connectivity index (χ2n) is 7.51. The van der Waals surface area contributed by atoms with Crippen LogP contribution in [0.5, 0.6) is 0 Å². The minimum atomic E-state index is -0.615. The Kier molecular flexibility index (Phi) is 5.85. The minimum Gasteiger partial charge on any atom is -0.449 e. The second-order valence-corrected chi connectivity index (χ2v) is 8.42. The molecule has 0 atom stereocenters. The molecule has 0 spiro atoms. The van der Waals surface area contributed by atoms with E-state index >= 15 is 0 Å². The lowest BCUT2D eigenvalue weighted by atomic mass is 10.0. The van der Waals surface area contributed by atoms with Crippen LogP contribution in [0.25, 0.3) is 44.3 Å². The van der Waals surface area contributed by atoms with Crippen molar-refractivity contribution in [2.45, 2.75) is 13.8 Å². The summed E-state index contributed by atoms with van der Waals surface area (Å²) < 4.78 is 33.1. The maximum Gasteiger partial charge on any atom is 0.418 e. The van der Waals surface area contributed by atoms with E-state index in [-0.39, 0.29) is 18.9 Å². The summed E-state index contributed by atoms with van der Waals surface area (Å²) in [5.74, 6) is -0.485. The van der Waals surface area contributed by atoms with Crippen molar-refractivity contribution < 1.29 is 28.1 Å². The first-order valence-electron chi connectivity index (χ1n) is 10.7. The molecule has 0 N–H and O–H groups in total. The standard InChI is InChI=1S/C24H18BrFN4O5/c1-3-33-23(31)29-11-17(15-9-13(25)5-7-19(15)29)21-22(28-35-27-21)18-12-30(24(32)34-4-2)20-8-6-14(26)10-16(18)20/h5-12H,3-4H2,1-2H3. The molecule has 0 unspecified atom stereocenters. The fourth-order valence-electron chi connectivity index (χ4n) is 4.01. The lowest BCUT2D eigenvalue weighted by molar-refractivity contribution is 0.154. The van der Waals surface area contributed by atoms with Crippen molar-refractivity contribution in [1.82, 2.24) is 19.4 Å². The molecule has 178 valence electrons. The highest BCUT2D eigenvalue weighted by Gasteiger charge is 2.25. The average molecular weight is 541 g/mol. The van der Waals surface area contributed by atoms with Gasteiger partial charge in [0.05, 0.1) is 24.2 Å². The highest BCUT2D eigenvalue weighted by atomic mass is 79.9. The highest BCUT2D eigenvalue weighted by molar-refractivity contribution is 9.10. The van der Waals surface area contributed by atoms with E-state index < -0.39 is 18.0 Å². The van der Waals surface area contributed by atoms with Gasteiger partial charge in [0.25, 0.3) is 0 Å². The zero-order valence-electron chi connectivity index (χ0n) is 18.6. The molecule has 9 nitrogen and oxygen atoms in total. The first-order chi connectivity index (χ1) is 16.9. The number of fused-ring (bicyclic) bond motifs is 2. The Bertz CT molecular complexity index is 1490. The van der Waals surface area contributed by atoms with Gasteiger partial charge in [-0.15, -0.1) is 0 Å². The van der Waals surface area contributed by atoms with Gasteiger partial charge in [-0.25, -0.2) is 18.6 Å². The highest BCUT2D eigenvalue weighted by Crippen LogP contribution is 2.39. The molecule has 0 saturated carbocycles. The Hall–Kier alpha value is -3.99. The SMILES string of the molecule is CCOC(=O)n1cc(-c2nonc2-c2cn(C(=O)OCC)c3ccc(Br)cc23)c2cc(F)ccc21. The Morgan fingerprint density at radius 1 is 0.886 bits per heavy atom. The number of halogens is 2. The number of rotatable bonds is 4. The fraction of sp³-hybridized carbons (Fsp3) is 0.167. The zero-order chi connectivity index (χ0) is 24.7. The van der Waals surface area contributed by atoms with Crippen molar-refractivity contribution in [2.24, 2.45) is 0 Å². The monoisotopic (exact) mass is 540 g/mol. The normalized spacial score (nSPS) is 11.3. The van der Waals surface area contributed by atoms with E-state index in [0.29, 0.717) is 38.6 Å². The van der Waals surface area contributed by atoms with Crippen molar-refractivity contribution in [3.05, 3.63) is 59.1 Å². The summed E-state index contributed by atoms with van der Waals surface area (Å²) in [6.07, 6.45) is 1.93. The first-order valence-corrected chi connectivity index (χ1v) is 11.5. The van der Waals surface area contributed by atoms with E-state index in [9.17, 15) is 14.0 Å². The molecule has 11 heteroatoms. The van der Waals surface area contributed by atoms with Crippen LogP contribution in [0.1, 0.15) is 13.8 Å². The molecule has 3 heterocycles. The number of carbonyl (C=O) groups excluding carboxylic acids is 2. The van der Waals surface area contributed by atoms with Crippen LogP contribution in [0.2, 0.25) is 0 Å². The predicted octanol–water partition coefficient (Wildman–Crippen LogP) is 6.22. The summed E-state index contributed by atoms with van der Waals surface area (Å²) in [5.41, 5.74) is 2.56. The molecule has 35 heavy (non-hydrogen) atoms. The van der Waals surface area contributed by atoms with Crippen LogP contribution in [0.4, 0.5) is 14.0 Å². The first kappa shape index (κ1) is 22.8. The largest absolute Gasteiger partial charge is 0.449 e. The van der Waals surface area contributed by atoms with Gasteiger partial charge >= 0.3 is 12.2 Å². The van der Waals surface area contributed by atoms with E-state index in [1.54, 1.807) is 32.2 Å². The van der Waals surface area contributed by atoms with Gasteiger partial charge in [0.2, 0.25) is 0 Å². The third kappa shape index (κ3) is 3.87. The lowest BCUT2D eigenvalue weighted by Gasteiger charge is -2.03. The smallest absolute Gasteiger partial charge is 0.418 e. The van der Waals surface area contributed by atoms with Gasteiger partial charge in [-0.3, -0.25) is 9.13 Å². The minimum absolute atomic E-state index is 0.175. The van der Waals surface area contributed by atoms with Gasteiger partial charge in [0.15, 0.2) is 0 Å². The van der Waals surface area contributed by atoms with Gasteiger partial charge in [-0.05, 0) is 60.6 Å². The maximum absolute atomic E-state index is 14.2. The summed E-state index contributed by atoms with van der Waals surface area (Å²) in [7, 11) is 0. The molecule has 5 rings (SSSR count). The third-order valence-corrected chi connectivity index (χ3v) is 5.95. The summed E-state index contributed by atoms with van der Waals surface area (Å²) in [5, 5.41) is 9.27. The second kappa shape index (κ2) is 8.99. The molecule has 0 aliphatic rings. The maximum atomic E-state index is 14.2. The van der Waals surface area contributed by atoms with Crippen LogP contribution in [-0.2, 0) is 9.47 Å². The van der Waals surface area contributed by atoms with E-state index in [4.69, 9.17) is 14.1 Å². The number of ether oxygens (including phenoxy) is 2. The van der Waals surface area contributed by atoms with Crippen LogP contribution in [0.3, 0.4) is 0 Å². The fourth-order valence-corrected chi connectivity index (χ4v) is 4.37. The van der Waals surface area contributed by atoms with Gasteiger partial charge in [-0.2, -0.15) is 0 Å². The van der Waals surface area contributed by atoms with Crippen LogP contribution >= 0.6 is 15.9 Å². The molecule has 0 bridgehead atoms. The van der Waals surface area contributed by atoms with Gasteiger partial charge < -0.3 is 9.47 Å². The molecule has 2 aromatic carbocycles. The van der Waals surface area contributed by atoms with Crippen molar-refractivity contribution in [2.75, 3.05) is 13.2 Å². The van der Waals surface area contributed by atoms with Crippen molar-refractivity contribution >= 4 is 49.9 Å². The van der Waals surface area contributed by atoms with E-state index in [1.807, 2.05) is 6.07 Å². The molecular weight excluding hydrogens is 523 g/mol. The van der Waals surface area contributed by atoms with Gasteiger partial charge in [0.1, 0.15) is 17.2 Å². The molecule has 0 aliphatic carbocycles. The molecule has 0 saturated heterocycles. The predicted molar refractivity (Wildman–Crippen MR) is 129 cm³/mol. The van der Waals surface area contributed by atoms with E-state index in [2.05, 4.69) is 26.2 Å². The Morgan fingerprint density at radius 3 is 1.94 bits per heavy atom. The Labute approximate surface area is 206 Å². The number of nitrogens with zero attached hydrogens (tertiary/aromatic N) is 4. The summed E-state index contributed by atoms with van der Waals surface area (Å²) in [6, 6.07) is 9.46. The Balaban J connectivity index is 1.75. The number of aromatic nitrogens is 4. The van der Waals surface area contributed by atoms with Crippen molar-refractivity contribution in [3.8, 4) is 22.5 Å².